The van der Waals surface area contributed by atoms with Crippen molar-refractivity contribution in [3.8, 4) is 5.75 Å². The summed E-state index contributed by atoms with van der Waals surface area (Å²) in [5, 5.41) is 14.8. The summed E-state index contributed by atoms with van der Waals surface area (Å²) < 4.78 is 74.3. The van der Waals surface area contributed by atoms with E-state index in [1.54, 1.807) is 0 Å². The minimum Gasteiger partial charge on any atom is -0.478 e. The molecule has 0 unspecified atom stereocenters. The van der Waals surface area contributed by atoms with Crippen LogP contribution >= 0.6 is 0 Å². The minimum atomic E-state index is -2.02. The van der Waals surface area contributed by atoms with E-state index in [0.717, 1.165) is 12.1 Å². The smallest absolute Gasteiger partial charge is 0.319 e. The highest BCUT2D eigenvalue weighted by Gasteiger charge is 2.44. The number of alkyl halides is 2. The first-order chi connectivity index (χ1) is 14.7. The van der Waals surface area contributed by atoms with E-state index in [4.69, 9.17) is 4.74 Å². The number of amides is 2. The molecule has 0 fully saturated rings. The molecular weight excluding hydrogens is 423 g/mol. The van der Waals surface area contributed by atoms with E-state index in [-0.39, 0.29) is 24.1 Å². The Labute approximate surface area is 174 Å². The van der Waals surface area contributed by atoms with Crippen molar-refractivity contribution < 1.29 is 36.6 Å². The molecular formula is C21H19F5N2O3. The van der Waals surface area contributed by atoms with Gasteiger partial charge in [0.05, 0.1) is 12.1 Å². The molecule has 0 saturated carbocycles. The zero-order chi connectivity index (χ0) is 22.3. The summed E-state index contributed by atoms with van der Waals surface area (Å²) in [5.41, 5.74) is -1.13. The van der Waals surface area contributed by atoms with Gasteiger partial charge in [-0.1, -0.05) is 0 Å². The monoisotopic (exact) mass is 442 g/mol. The third-order valence-electron chi connectivity index (χ3n) is 5.60. The van der Waals surface area contributed by atoms with Crippen LogP contribution in [-0.4, -0.2) is 36.2 Å². The standard InChI is InChI=1S/C21H19F5N2O3/c22-8-21(9-23)7-18(14-3-10(24)4-16(26)19(14)31-21)28-20(30)27-17-2-1-15(25)12-5-11(29)6-13(12)17/h1-4,11,18,29H,5-9H2,(H2,27,28,30)/t11-,18-/m1/s1. The number of benzene rings is 2. The third kappa shape index (κ3) is 3.91. The summed E-state index contributed by atoms with van der Waals surface area (Å²) in [6.45, 7) is -2.58. The Morgan fingerprint density at radius 2 is 1.81 bits per heavy atom. The van der Waals surface area contributed by atoms with Crippen LogP contribution in [0.15, 0.2) is 24.3 Å². The van der Waals surface area contributed by atoms with Crippen LogP contribution in [0.3, 0.4) is 0 Å². The van der Waals surface area contributed by atoms with E-state index in [1.807, 2.05) is 0 Å². The maximum absolute atomic E-state index is 14.2. The van der Waals surface area contributed by atoms with Gasteiger partial charge in [-0.05, 0) is 29.3 Å². The molecule has 0 bridgehead atoms. The van der Waals surface area contributed by atoms with Crippen molar-refractivity contribution in [2.24, 2.45) is 0 Å². The van der Waals surface area contributed by atoms with Gasteiger partial charge in [-0.3, -0.25) is 0 Å². The van der Waals surface area contributed by atoms with Crippen LogP contribution in [0.4, 0.5) is 32.4 Å². The highest BCUT2D eigenvalue weighted by Crippen LogP contribution is 2.42. The fourth-order valence-corrected chi connectivity index (χ4v) is 4.11. The van der Waals surface area contributed by atoms with Crippen LogP contribution in [0.1, 0.15) is 29.2 Å². The number of fused-ring (bicyclic) bond motifs is 2. The molecule has 1 heterocycles. The molecule has 2 aromatic rings. The van der Waals surface area contributed by atoms with Crippen molar-refractivity contribution in [2.45, 2.75) is 37.0 Å². The van der Waals surface area contributed by atoms with E-state index in [0.29, 0.717) is 17.2 Å². The van der Waals surface area contributed by atoms with Crippen molar-refractivity contribution in [3.63, 3.8) is 0 Å². The van der Waals surface area contributed by atoms with Gasteiger partial charge in [0, 0.05) is 36.6 Å². The number of hydrogen-bond donors (Lipinski definition) is 3. The van der Waals surface area contributed by atoms with Gasteiger partial charge < -0.3 is 20.5 Å². The van der Waals surface area contributed by atoms with E-state index in [2.05, 4.69) is 10.6 Å². The predicted molar refractivity (Wildman–Crippen MR) is 101 cm³/mol. The molecule has 0 saturated heterocycles. The molecule has 1 aliphatic carbocycles. The van der Waals surface area contributed by atoms with Crippen molar-refractivity contribution in [2.75, 3.05) is 18.7 Å². The lowest BCUT2D eigenvalue weighted by Gasteiger charge is -2.39. The Hall–Kier alpha value is -2.88. The lowest BCUT2D eigenvalue weighted by Crippen LogP contribution is -2.49. The predicted octanol–water partition coefficient (Wildman–Crippen LogP) is 3.89. The van der Waals surface area contributed by atoms with Crippen LogP contribution in [0.25, 0.3) is 0 Å². The SMILES string of the molecule is O=C(Nc1ccc(F)c2c1C[C@H](O)C2)N[C@@H]1CC(CF)(CF)Oc2c(F)cc(F)cc21. The molecule has 0 spiro atoms. The first-order valence-electron chi connectivity index (χ1n) is 9.61. The van der Waals surface area contributed by atoms with Gasteiger partial charge in [-0.15, -0.1) is 0 Å². The molecule has 10 heteroatoms. The highest BCUT2D eigenvalue weighted by molar-refractivity contribution is 5.91. The molecule has 0 radical (unpaired) electrons. The average Bonchev–Trinajstić information content (AvgIpc) is 3.13. The van der Waals surface area contributed by atoms with Gasteiger partial charge in [0.1, 0.15) is 25.0 Å². The summed E-state index contributed by atoms with van der Waals surface area (Å²) in [6, 6.07) is 1.95. The number of carbonyl (C=O) groups is 1. The lowest BCUT2D eigenvalue weighted by molar-refractivity contribution is -0.0139. The van der Waals surface area contributed by atoms with Gasteiger partial charge in [0.25, 0.3) is 0 Å². The molecule has 2 aromatic carbocycles. The number of hydrogen-bond acceptors (Lipinski definition) is 3. The highest BCUT2D eigenvalue weighted by atomic mass is 19.1. The number of carbonyl (C=O) groups excluding carboxylic acids is 1. The number of anilines is 1. The number of rotatable bonds is 4. The number of aliphatic hydroxyl groups excluding tert-OH is 1. The first kappa shape index (κ1) is 21.4. The fraction of sp³-hybridized carbons (Fsp3) is 0.381. The van der Waals surface area contributed by atoms with Crippen molar-refractivity contribution in [1.82, 2.24) is 5.32 Å². The molecule has 2 amide bonds. The molecule has 0 aromatic heterocycles. The Kier molecular flexibility index (Phi) is 5.50. The topological polar surface area (TPSA) is 70.6 Å². The molecule has 4 rings (SSSR count). The lowest BCUT2D eigenvalue weighted by atomic mass is 9.88. The number of urea groups is 1. The second kappa shape index (κ2) is 7.99. The van der Waals surface area contributed by atoms with Crippen LogP contribution < -0.4 is 15.4 Å². The Bertz CT molecular complexity index is 1030. The van der Waals surface area contributed by atoms with E-state index >= 15 is 0 Å². The Morgan fingerprint density at radius 1 is 1.10 bits per heavy atom. The van der Waals surface area contributed by atoms with Crippen LogP contribution in [0.2, 0.25) is 0 Å². The first-order valence-corrected chi connectivity index (χ1v) is 9.61. The Balaban J connectivity index is 1.61. The van der Waals surface area contributed by atoms with E-state index in [9.17, 15) is 31.9 Å². The number of halogens is 5. The summed E-state index contributed by atoms with van der Waals surface area (Å²) >= 11 is 0. The third-order valence-corrected chi connectivity index (χ3v) is 5.60. The number of nitrogens with one attached hydrogen (secondary N) is 2. The number of aliphatic hydroxyl groups is 1. The largest absolute Gasteiger partial charge is 0.478 e. The number of ether oxygens (including phenoxy) is 1. The van der Waals surface area contributed by atoms with Crippen LogP contribution in [0.5, 0.6) is 5.75 Å². The summed E-state index contributed by atoms with van der Waals surface area (Å²) in [4.78, 5) is 12.6. The molecule has 31 heavy (non-hydrogen) atoms. The molecule has 2 atom stereocenters. The maximum atomic E-state index is 14.2. The molecule has 2 aliphatic rings. The summed E-state index contributed by atoms with van der Waals surface area (Å²) in [7, 11) is 0. The molecule has 1 aliphatic heterocycles. The zero-order valence-corrected chi connectivity index (χ0v) is 16.2. The van der Waals surface area contributed by atoms with Crippen LogP contribution in [-0.2, 0) is 12.8 Å². The van der Waals surface area contributed by atoms with Crippen LogP contribution in [0, 0.1) is 17.5 Å². The summed E-state index contributed by atoms with van der Waals surface area (Å²) in [6.07, 6.45) is -0.923. The molecule has 166 valence electrons. The minimum absolute atomic E-state index is 0.0927. The molecule has 5 nitrogen and oxygen atoms in total. The van der Waals surface area contributed by atoms with Gasteiger partial charge in [-0.2, -0.15) is 0 Å². The average molecular weight is 442 g/mol. The quantitative estimate of drug-likeness (QED) is 0.630. The second-order valence-corrected chi connectivity index (χ2v) is 7.83. The van der Waals surface area contributed by atoms with Crippen molar-refractivity contribution in [3.05, 3.63) is 58.4 Å². The van der Waals surface area contributed by atoms with E-state index in [1.165, 1.54) is 6.07 Å². The van der Waals surface area contributed by atoms with Gasteiger partial charge >= 0.3 is 6.03 Å². The van der Waals surface area contributed by atoms with Gasteiger partial charge in [0.15, 0.2) is 17.2 Å². The van der Waals surface area contributed by atoms with Gasteiger partial charge in [-0.25, -0.2) is 26.7 Å². The second-order valence-electron chi connectivity index (χ2n) is 7.83. The van der Waals surface area contributed by atoms with Crippen molar-refractivity contribution >= 4 is 11.7 Å². The van der Waals surface area contributed by atoms with E-state index < -0.39 is 66.7 Å². The van der Waals surface area contributed by atoms with Crippen molar-refractivity contribution in [1.29, 1.82) is 0 Å². The normalized spacial score (nSPS) is 21.1. The molecule has 3 N–H and O–H groups in total. The maximum Gasteiger partial charge on any atom is 0.319 e. The zero-order valence-electron chi connectivity index (χ0n) is 16.2. The Morgan fingerprint density at radius 3 is 2.52 bits per heavy atom. The fourth-order valence-electron chi connectivity index (χ4n) is 4.11. The van der Waals surface area contributed by atoms with Gasteiger partial charge in [0.2, 0.25) is 0 Å². The summed E-state index contributed by atoms with van der Waals surface area (Å²) in [5.74, 6) is -3.11.